The van der Waals surface area contributed by atoms with Crippen molar-refractivity contribution >= 4 is 11.8 Å². The number of carbonyl (C=O) groups is 2. The highest BCUT2D eigenvalue weighted by atomic mass is 16.2. The number of amides is 2. The molecule has 1 aromatic carbocycles. The summed E-state index contributed by atoms with van der Waals surface area (Å²) in [6, 6.07) is 9.92. The van der Waals surface area contributed by atoms with E-state index in [1.807, 2.05) is 30.3 Å². The van der Waals surface area contributed by atoms with Gasteiger partial charge in [0.25, 0.3) is 0 Å². The zero-order chi connectivity index (χ0) is 13.9. The van der Waals surface area contributed by atoms with Gasteiger partial charge in [0.2, 0.25) is 11.8 Å². The largest absolute Gasteiger partial charge is 0.354 e. The van der Waals surface area contributed by atoms with Crippen LogP contribution >= 0.6 is 0 Å². The molecule has 4 N–H and O–H groups in total. The van der Waals surface area contributed by atoms with Crippen molar-refractivity contribution in [3.63, 3.8) is 0 Å². The molecule has 5 nitrogen and oxygen atoms in total. The smallest absolute Gasteiger partial charge is 0.239 e. The van der Waals surface area contributed by atoms with E-state index in [0.717, 1.165) is 6.42 Å². The summed E-state index contributed by atoms with van der Waals surface area (Å²) in [6.45, 7) is 1.08. The maximum atomic E-state index is 11.5. The third-order valence-electron chi connectivity index (χ3n) is 2.63. The van der Waals surface area contributed by atoms with Gasteiger partial charge in [-0.15, -0.1) is 0 Å². The molecule has 0 atom stereocenters. The second kappa shape index (κ2) is 9.10. The Kier molecular flexibility index (Phi) is 7.27. The highest BCUT2D eigenvalue weighted by molar-refractivity contribution is 5.84. The topological polar surface area (TPSA) is 84.2 Å². The minimum absolute atomic E-state index is 0.0260. The van der Waals surface area contributed by atoms with Crippen molar-refractivity contribution in [3.8, 4) is 0 Å². The van der Waals surface area contributed by atoms with Crippen LogP contribution in [0.1, 0.15) is 18.4 Å². The molecule has 0 aliphatic rings. The van der Waals surface area contributed by atoms with Crippen LogP contribution in [0, 0.1) is 0 Å². The maximum absolute atomic E-state index is 11.5. The Bertz CT molecular complexity index is 393. The van der Waals surface area contributed by atoms with Gasteiger partial charge in [-0.05, 0) is 24.9 Å². The van der Waals surface area contributed by atoms with Gasteiger partial charge in [0.15, 0.2) is 0 Å². The molecule has 0 saturated carbocycles. The van der Waals surface area contributed by atoms with E-state index in [1.165, 1.54) is 5.56 Å². The first-order valence-corrected chi connectivity index (χ1v) is 6.49. The lowest BCUT2D eigenvalue weighted by Gasteiger charge is -2.06. The first kappa shape index (κ1) is 15.2. The Hall–Kier alpha value is -1.88. The lowest BCUT2D eigenvalue weighted by atomic mass is 10.1. The van der Waals surface area contributed by atoms with E-state index in [2.05, 4.69) is 10.6 Å². The van der Waals surface area contributed by atoms with Crippen LogP contribution in [0.3, 0.4) is 0 Å². The van der Waals surface area contributed by atoms with Crippen molar-refractivity contribution in [3.05, 3.63) is 35.9 Å². The molecular weight excluding hydrogens is 242 g/mol. The van der Waals surface area contributed by atoms with Crippen LogP contribution in [0.4, 0.5) is 0 Å². The second-order valence-corrected chi connectivity index (χ2v) is 4.25. The molecule has 1 rings (SSSR count). The first-order chi connectivity index (χ1) is 9.22. The highest BCUT2D eigenvalue weighted by Gasteiger charge is 2.04. The van der Waals surface area contributed by atoms with Gasteiger partial charge in [-0.2, -0.15) is 0 Å². The van der Waals surface area contributed by atoms with Gasteiger partial charge in [-0.25, -0.2) is 0 Å². The summed E-state index contributed by atoms with van der Waals surface area (Å²) in [5, 5.41) is 5.32. The second-order valence-electron chi connectivity index (χ2n) is 4.25. The summed E-state index contributed by atoms with van der Waals surface area (Å²) >= 11 is 0. The lowest BCUT2D eigenvalue weighted by Crippen LogP contribution is -2.37. The van der Waals surface area contributed by atoms with Gasteiger partial charge >= 0.3 is 0 Å². The third-order valence-corrected chi connectivity index (χ3v) is 2.63. The molecule has 0 aliphatic carbocycles. The van der Waals surface area contributed by atoms with Gasteiger partial charge in [0, 0.05) is 13.0 Å². The molecule has 0 saturated heterocycles. The van der Waals surface area contributed by atoms with Crippen LogP contribution < -0.4 is 16.4 Å². The third kappa shape index (κ3) is 7.21. The molecule has 5 heteroatoms. The molecule has 2 amide bonds. The molecule has 0 spiro atoms. The molecule has 104 valence electrons. The summed E-state index contributed by atoms with van der Waals surface area (Å²) in [5.41, 5.74) is 6.47. The van der Waals surface area contributed by atoms with E-state index in [1.54, 1.807) is 0 Å². The van der Waals surface area contributed by atoms with E-state index >= 15 is 0 Å². The number of hydrogen-bond acceptors (Lipinski definition) is 3. The zero-order valence-corrected chi connectivity index (χ0v) is 11.0. The predicted molar refractivity (Wildman–Crippen MR) is 74.5 cm³/mol. The SMILES string of the molecule is NCCCC(=O)NCC(=O)NCCc1ccccc1. The number of rotatable bonds is 8. The summed E-state index contributed by atoms with van der Waals surface area (Å²) in [5.74, 6) is -0.305. The Morgan fingerprint density at radius 3 is 2.47 bits per heavy atom. The molecule has 1 aromatic rings. The Morgan fingerprint density at radius 1 is 1.05 bits per heavy atom. The van der Waals surface area contributed by atoms with Crippen LogP contribution in [-0.2, 0) is 16.0 Å². The van der Waals surface area contributed by atoms with Crippen LogP contribution in [0.5, 0.6) is 0 Å². The van der Waals surface area contributed by atoms with E-state index < -0.39 is 0 Å². The summed E-state index contributed by atoms with van der Waals surface area (Å²) in [4.78, 5) is 22.7. The summed E-state index contributed by atoms with van der Waals surface area (Å²) in [6.07, 6.45) is 1.79. The lowest BCUT2D eigenvalue weighted by molar-refractivity contribution is -0.126. The number of hydrogen-bond donors (Lipinski definition) is 3. The molecule has 0 radical (unpaired) electrons. The minimum atomic E-state index is -0.169. The predicted octanol–water partition coefficient (Wildman–Crippen LogP) is 0.200. The first-order valence-electron chi connectivity index (χ1n) is 6.49. The average Bonchev–Trinajstić information content (AvgIpc) is 2.44. The van der Waals surface area contributed by atoms with E-state index in [9.17, 15) is 9.59 Å². The maximum Gasteiger partial charge on any atom is 0.239 e. The fraction of sp³-hybridized carbons (Fsp3) is 0.429. The van der Waals surface area contributed by atoms with Crippen LogP contribution in [0.15, 0.2) is 30.3 Å². The Labute approximate surface area is 113 Å². The van der Waals surface area contributed by atoms with E-state index in [-0.39, 0.29) is 18.4 Å². The number of nitrogens with one attached hydrogen (secondary N) is 2. The standard InChI is InChI=1S/C14H21N3O2/c15-9-4-7-13(18)17-11-14(19)16-10-8-12-5-2-1-3-6-12/h1-3,5-6H,4,7-11,15H2,(H,16,19)(H,17,18). The van der Waals surface area contributed by atoms with E-state index in [4.69, 9.17) is 5.73 Å². The van der Waals surface area contributed by atoms with Gasteiger partial charge < -0.3 is 16.4 Å². The summed E-state index contributed by atoms with van der Waals surface area (Å²) < 4.78 is 0. The van der Waals surface area contributed by atoms with Gasteiger partial charge in [-0.3, -0.25) is 9.59 Å². The van der Waals surface area contributed by atoms with Crippen molar-refractivity contribution in [2.75, 3.05) is 19.6 Å². The van der Waals surface area contributed by atoms with Crippen LogP contribution in [0.25, 0.3) is 0 Å². The molecule has 0 unspecified atom stereocenters. The van der Waals surface area contributed by atoms with E-state index in [0.29, 0.717) is 25.9 Å². The Morgan fingerprint density at radius 2 is 1.79 bits per heavy atom. The molecular formula is C14H21N3O2. The molecule has 19 heavy (non-hydrogen) atoms. The number of benzene rings is 1. The van der Waals surface area contributed by atoms with Crippen molar-refractivity contribution in [1.82, 2.24) is 10.6 Å². The molecule has 0 fully saturated rings. The van der Waals surface area contributed by atoms with Crippen molar-refractivity contribution in [1.29, 1.82) is 0 Å². The van der Waals surface area contributed by atoms with Crippen LogP contribution in [0.2, 0.25) is 0 Å². The van der Waals surface area contributed by atoms with Crippen molar-refractivity contribution in [2.45, 2.75) is 19.3 Å². The van der Waals surface area contributed by atoms with Gasteiger partial charge in [-0.1, -0.05) is 30.3 Å². The molecule has 0 aliphatic heterocycles. The van der Waals surface area contributed by atoms with Gasteiger partial charge in [0.1, 0.15) is 0 Å². The van der Waals surface area contributed by atoms with Crippen LogP contribution in [-0.4, -0.2) is 31.4 Å². The van der Waals surface area contributed by atoms with Gasteiger partial charge in [0.05, 0.1) is 6.54 Å². The monoisotopic (exact) mass is 263 g/mol. The average molecular weight is 263 g/mol. The molecule has 0 aromatic heterocycles. The summed E-state index contributed by atoms with van der Waals surface area (Å²) in [7, 11) is 0. The van der Waals surface area contributed by atoms with Crippen molar-refractivity contribution < 1.29 is 9.59 Å². The van der Waals surface area contributed by atoms with Crippen molar-refractivity contribution in [2.24, 2.45) is 5.73 Å². The fourth-order valence-electron chi connectivity index (χ4n) is 1.58. The quantitative estimate of drug-likeness (QED) is 0.626. The minimum Gasteiger partial charge on any atom is -0.354 e. The molecule has 0 bridgehead atoms. The fourth-order valence-corrected chi connectivity index (χ4v) is 1.58. The zero-order valence-electron chi connectivity index (χ0n) is 11.0. The normalized spacial score (nSPS) is 9.95. The number of carbonyl (C=O) groups excluding carboxylic acids is 2. The highest BCUT2D eigenvalue weighted by Crippen LogP contribution is 1.97. The Balaban J connectivity index is 2.10. The molecule has 0 heterocycles. The number of nitrogens with two attached hydrogens (primary N) is 1.